The van der Waals surface area contributed by atoms with E-state index in [1.807, 2.05) is 11.7 Å². The summed E-state index contributed by atoms with van der Waals surface area (Å²) in [5, 5.41) is 4.76. The fourth-order valence-electron chi connectivity index (χ4n) is 4.51. The van der Waals surface area contributed by atoms with Gasteiger partial charge in [-0.15, -0.1) is 0 Å². The Kier molecular flexibility index (Phi) is 5.41. The number of hydrogen-bond acceptors (Lipinski definition) is 3. The first-order chi connectivity index (χ1) is 12.7. The molecule has 2 fully saturated rings. The van der Waals surface area contributed by atoms with Gasteiger partial charge in [-0.1, -0.05) is 43.5 Å². The Labute approximate surface area is 157 Å². The van der Waals surface area contributed by atoms with Crippen molar-refractivity contribution in [2.45, 2.75) is 57.0 Å². The standard InChI is InChI=1S/C22H31N3O/c1-24(21-12-13-26-16-21)14-20-15-25(2)23-22(20)19-10-8-18(9-11-19)17-6-4-3-5-7-17/h8-11,15,17,21H,3-7,12-14,16H2,1-2H3. The lowest BCUT2D eigenvalue weighted by Crippen LogP contribution is -2.31. The molecule has 4 heteroatoms. The van der Waals surface area contributed by atoms with E-state index < -0.39 is 0 Å². The largest absolute Gasteiger partial charge is 0.380 e. The molecule has 0 amide bonds. The zero-order valence-electron chi connectivity index (χ0n) is 16.2. The summed E-state index contributed by atoms with van der Waals surface area (Å²) in [6.45, 7) is 2.65. The zero-order valence-corrected chi connectivity index (χ0v) is 16.2. The Morgan fingerprint density at radius 2 is 1.88 bits per heavy atom. The number of ether oxygens (including phenoxy) is 1. The normalized spacial score (nSPS) is 21.6. The van der Waals surface area contributed by atoms with Crippen molar-refractivity contribution < 1.29 is 4.74 Å². The summed E-state index contributed by atoms with van der Waals surface area (Å²) in [6.07, 6.45) is 10.2. The maximum Gasteiger partial charge on any atom is 0.0968 e. The minimum Gasteiger partial charge on any atom is -0.380 e. The molecule has 0 bridgehead atoms. The first-order valence-electron chi connectivity index (χ1n) is 10.1. The van der Waals surface area contributed by atoms with Crippen LogP contribution in [0.4, 0.5) is 0 Å². The first kappa shape index (κ1) is 17.7. The number of aryl methyl sites for hydroxylation is 1. The molecule has 0 N–H and O–H groups in total. The summed E-state index contributed by atoms with van der Waals surface area (Å²) in [4.78, 5) is 2.41. The van der Waals surface area contributed by atoms with Crippen molar-refractivity contribution in [2.24, 2.45) is 7.05 Å². The van der Waals surface area contributed by atoms with Crippen LogP contribution in [0.2, 0.25) is 0 Å². The summed E-state index contributed by atoms with van der Waals surface area (Å²) >= 11 is 0. The van der Waals surface area contributed by atoms with E-state index in [4.69, 9.17) is 9.84 Å². The second-order valence-electron chi connectivity index (χ2n) is 8.07. The van der Waals surface area contributed by atoms with Crippen molar-refractivity contribution in [3.8, 4) is 11.3 Å². The van der Waals surface area contributed by atoms with Gasteiger partial charge in [0, 0.05) is 43.6 Å². The SMILES string of the molecule is CN(Cc1cn(C)nc1-c1ccc(C2CCCCC2)cc1)C1CCOC1. The van der Waals surface area contributed by atoms with Crippen LogP contribution in [-0.4, -0.2) is 41.0 Å². The van der Waals surface area contributed by atoms with Gasteiger partial charge in [0.1, 0.15) is 0 Å². The molecule has 140 valence electrons. The number of likely N-dealkylation sites (N-methyl/N-ethyl adjacent to an activating group) is 1. The smallest absolute Gasteiger partial charge is 0.0968 e. The Morgan fingerprint density at radius 3 is 2.58 bits per heavy atom. The molecule has 1 saturated heterocycles. The van der Waals surface area contributed by atoms with Crippen LogP contribution in [0.3, 0.4) is 0 Å². The van der Waals surface area contributed by atoms with Gasteiger partial charge in [0.05, 0.1) is 12.3 Å². The average Bonchev–Trinajstić information content (AvgIpc) is 3.33. The molecule has 0 radical (unpaired) electrons. The lowest BCUT2D eigenvalue weighted by atomic mass is 9.84. The van der Waals surface area contributed by atoms with Gasteiger partial charge >= 0.3 is 0 Å². The fraction of sp³-hybridized carbons (Fsp3) is 0.591. The molecule has 1 aromatic heterocycles. The molecular formula is C22H31N3O. The number of hydrogen-bond donors (Lipinski definition) is 0. The number of aromatic nitrogens is 2. The van der Waals surface area contributed by atoms with E-state index in [0.29, 0.717) is 6.04 Å². The van der Waals surface area contributed by atoms with Crippen molar-refractivity contribution in [3.63, 3.8) is 0 Å². The van der Waals surface area contributed by atoms with Crippen molar-refractivity contribution in [1.29, 1.82) is 0 Å². The third-order valence-electron chi connectivity index (χ3n) is 6.11. The predicted molar refractivity (Wildman–Crippen MR) is 105 cm³/mol. The Morgan fingerprint density at radius 1 is 1.12 bits per heavy atom. The lowest BCUT2D eigenvalue weighted by Gasteiger charge is -2.23. The van der Waals surface area contributed by atoms with E-state index in [1.165, 1.54) is 48.8 Å². The maximum absolute atomic E-state index is 5.54. The van der Waals surface area contributed by atoms with Crippen LogP contribution in [0.5, 0.6) is 0 Å². The fourth-order valence-corrected chi connectivity index (χ4v) is 4.51. The summed E-state index contributed by atoms with van der Waals surface area (Å²) in [6, 6.07) is 9.73. The van der Waals surface area contributed by atoms with E-state index >= 15 is 0 Å². The van der Waals surface area contributed by atoms with E-state index in [0.717, 1.165) is 37.8 Å². The van der Waals surface area contributed by atoms with Crippen LogP contribution < -0.4 is 0 Å². The van der Waals surface area contributed by atoms with Gasteiger partial charge in [-0.3, -0.25) is 9.58 Å². The molecule has 1 aliphatic carbocycles. The van der Waals surface area contributed by atoms with Crippen molar-refractivity contribution in [2.75, 3.05) is 20.3 Å². The molecule has 2 aromatic rings. The highest BCUT2D eigenvalue weighted by atomic mass is 16.5. The molecule has 0 spiro atoms. The Bertz CT molecular complexity index is 709. The molecular weight excluding hydrogens is 322 g/mol. The van der Waals surface area contributed by atoms with Crippen LogP contribution in [0.25, 0.3) is 11.3 Å². The van der Waals surface area contributed by atoms with E-state index in [9.17, 15) is 0 Å². The first-order valence-corrected chi connectivity index (χ1v) is 10.1. The lowest BCUT2D eigenvalue weighted by molar-refractivity contribution is 0.156. The van der Waals surface area contributed by atoms with Crippen LogP contribution in [0.15, 0.2) is 30.5 Å². The number of nitrogens with zero attached hydrogens (tertiary/aromatic N) is 3. The molecule has 1 aliphatic heterocycles. The van der Waals surface area contributed by atoms with Gasteiger partial charge in [-0.2, -0.15) is 5.10 Å². The zero-order chi connectivity index (χ0) is 17.9. The third kappa shape index (κ3) is 3.86. The van der Waals surface area contributed by atoms with Crippen molar-refractivity contribution >= 4 is 0 Å². The topological polar surface area (TPSA) is 30.3 Å². The molecule has 26 heavy (non-hydrogen) atoms. The molecule has 4 nitrogen and oxygen atoms in total. The summed E-state index contributed by atoms with van der Waals surface area (Å²) < 4.78 is 7.49. The second-order valence-corrected chi connectivity index (χ2v) is 8.07. The molecule has 2 heterocycles. The highest BCUT2D eigenvalue weighted by Crippen LogP contribution is 2.34. The van der Waals surface area contributed by atoms with Gasteiger partial charge in [-0.25, -0.2) is 0 Å². The molecule has 1 saturated carbocycles. The van der Waals surface area contributed by atoms with Gasteiger partial charge < -0.3 is 4.74 Å². The molecule has 1 unspecified atom stereocenters. The third-order valence-corrected chi connectivity index (χ3v) is 6.11. The minimum atomic E-state index is 0.525. The monoisotopic (exact) mass is 353 g/mol. The minimum absolute atomic E-state index is 0.525. The van der Waals surface area contributed by atoms with Gasteiger partial charge in [0.25, 0.3) is 0 Å². The maximum atomic E-state index is 5.54. The molecule has 1 aromatic carbocycles. The Balaban J connectivity index is 1.51. The summed E-state index contributed by atoms with van der Waals surface area (Å²) in [5.74, 6) is 0.759. The van der Waals surface area contributed by atoms with Gasteiger partial charge in [-0.05, 0) is 37.8 Å². The van der Waals surface area contributed by atoms with Crippen LogP contribution >= 0.6 is 0 Å². The number of rotatable bonds is 5. The van der Waals surface area contributed by atoms with Gasteiger partial charge in [0.15, 0.2) is 0 Å². The van der Waals surface area contributed by atoms with Crippen LogP contribution in [0, 0.1) is 0 Å². The molecule has 2 aliphatic rings. The van der Waals surface area contributed by atoms with E-state index in [-0.39, 0.29) is 0 Å². The Hall–Kier alpha value is -1.65. The van der Waals surface area contributed by atoms with E-state index in [2.05, 4.69) is 42.4 Å². The molecule has 4 rings (SSSR count). The number of benzene rings is 1. The van der Waals surface area contributed by atoms with E-state index in [1.54, 1.807) is 0 Å². The van der Waals surface area contributed by atoms with Crippen molar-refractivity contribution in [1.82, 2.24) is 14.7 Å². The van der Waals surface area contributed by atoms with Crippen LogP contribution in [0.1, 0.15) is 55.6 Å². The summed E-state index contributed by atoms with van der Waals surface area (Å²) in [7, 11) is 4.21. The second kappa shape index (κ2) is 7.93. The predicted octanol–water partition coefficient (Wildman–Crippen LogP) is 4.36. The van der Waals surface area contributed by atoms with Crippen molar-refractivity contribution in [3.05, 3.63) is 41.6 Å². The average molecular weight is 354 g/mol. The molecule has 1 atom stereocenters. The van der Waals surface area contributed by atoms with Crippen LogP contribution in [-0.2, 0) is 18.3 Å². The highest BCUT2D eigenvalue weighted by molar-refractivity contribution is 5.63. The quantitative estimate of drug-likeness (QED) is 0.800. The summed E-state index contributed by atoms with van der Waals surface area (Å²) in [5.41, 5.74) is 5.16. The van der Waals surface area contributed by atoms with Gasteiger partial charge in [0.2, 0.25) is 0 Å². The highest BCUT2D eigenvalue weighted by Gasteiger charge is 2.22.